The average molecular weight is 646 g/mol. The quantitative estimate of drug-likeness (QED) is 0.231. The molecule has 1 saturated heterocycles. The van der Waals surface area contributed by atoms with Crippen LogP contribution in [0.1, 0.15) is 19.8 Å². The number of likely N-dealkylation sites (N-methyl/N-ethyl adjacent to an activating group) is 1. The van der Waals surface area contributed by atoms with Crippen molar-refractivity contribution in [3.8, 4) is 23.0 Å². The molecule has 1 atom stereocenters. The largest absolute Gasteiger partial charge is 0.493 e. The number of carbonyl (C=O) groups is 3. The SMILES string of the molecule is COc1cc2c(Oc3ccc(NC(=O)C4(C(=O)Nc5ccc(F)cc5)CC4)cc3F)ccnc2cc1OC(=O)N1CCN(C)C[C@H]1C. The molecule has 3 amide bonds. The number of rotatable bonds is 8. The van der Waals surface area contributed by atoms with Crippen LogP contribution in [-0.2, 0) is 9.59 Å². The van der Waals surface area contributed by atoms with E-state index in [9.17, 15) is 18.8 Å². The molecule has 1 aromatic heterocycles. The van der Waals surface area contributed by atoms with Gasteiger partial charge in [0.25, 0.3) is 0 Å². The number of pyridine rings is 1. The standard InChI is InChI=1S/C34H33F2N5O6/c1-20-19-40(2)14-15-41(20)33(44)47-30-18-26-24(17-29(30)45-3)27(10-13-37-26)46-28-9-8-23(16-25(28)36)39-32(43)34(11-12-34)31(42)38-22-6-4-21(35)5-7-22/h4-10,13,16-18,20H,11-12,14-15,19H2,1-3H3,(H,38,42)(H,39,43)/t20-/m1/s1. The first-order valence-corrected chi connectivity index (χ1v) is 15.1. The van der Waals surface area contributed by atoms with Crippen LogP contribution in [0, 0.1) is 17.0 Å². The molecule has 47 heavy (non-hydrogen) atoms. The molecule has 2 heterocycles. The topological polar surface area (TPSA) is 122 Å². The van der Waals surface area contributed by atoms with Crippen LogP contribution in [0.15, 0.2) is 66.9 Å². The molecule has 0 radical (unpaired) electrons. The number of hydrogen-bond donors (Lipinski definition) is 2. The predicted molar refractivity (Wildman–Crippen MR) is 170 cm³/mol. The van der Waals surface area contributed by atoms with E-state index in [1.807, 2.05) is 14.0 Å². The van der Waals surface area contributed by atoms with Gasteiger partial charge < -0.3 is 34.6 Å². The molecule has 13 heteroatoms. The summed E-state index contributed by atoms with van der Waals surface area (Å²) in [5, 5.41) is 5.74. The number of methoxy groups -OCH3 is 1. The number of halogens is 2. The number of hydrogen-bond acceptors (Lipinski definition) is 8. The van der Waals surface area contributed by atoms with Crippen molar-refractivity contribution in [2.75, 3.05) is 44.4 Å². The van der Waals surface area contributed by atoms with E-state index in [0.29, 0.717) is 36.0 Å². The lowest BCUT2D eigenvalue weighted by Crippen LogP contribution is -2.53. The Labute approximate surface area is 269 Å². The fourth-order valence-corrected chi connectivity index (χ4v) is 5.52. The molecule has 2 aliphatic rings. The summed E-state index contributed by atoms with van der Waals surface area (Å²) in [5.41, 5.74) is -0.370. The number of nitrogens with one attached hydrogen (secondary N) is 2. The molecule has 0 spiro atoms. The number of benzene rings is 3. The smallest absolute Gasteiger partial charge is 0.415 e. The Kier molecular flexibility index (Phi) is 8.65. The van der Waals surface area contributed by atoms with E-state index in [4.69, 9.17) is 14.2 Å². The van der Waals surface area contributed by atoms with Gasteiger partial charge in [-0.3, -0.25) is 14.6 Å². The first kappa shape index (κ1) is 31.7. The Morgan fingerprint density at radius 1 is 0.872 bits per heavy atom. The van der Waals surface area contributed by atoms with Crippen molar-refractivity contribution < 1.29 is 37.4 Å². The molecule has 0 bridgehead atoms. The minimum Gasteiger partial charge on any atom is -0.493 e. The summed E-state index contributed by atoms with van der Waals surface area (Å²) < 4.78 is 45.6. The molecule has 244 valence electrons. The van der Waals surface area contributed by atoms with Crippen LogP contribution in [0.4, 0.5) is 25.0 Å². The third-order valence-corrected chi connectivity index (χ3v) is 8.38. The van der Waals surface area contributed by atoms with E-state index in [1.54, 1.807) is 23.1 Å². The predicted octanol–water partition coefficient (Wildman–Crippen LogP) is 5.81. The number of amides is 3. The number of ether oxygens (including phenoxy) is 3. The molecule has 1 aliphatic heterocycles. The number of carbonyl (C=O) groups excluding carboxylic acids is 3. The van der Waals surface area contributed by atoms with Crippen molar-refractivity contribution >= 4 is 40.2 Å². The highest BCUT2D eigenvalue weighted by molar-refractivity contribution is 6.16. The number of piperazine rings is 1. The fourth-order valence-electron chi connectivity index (χ4n) is 5.52. The Hall–Kier alpha value is -5.30. The van der Waals surface area contributed by atoms with Crippen LogP contribution in [0.5, 0.6) is 23.0 Å². The highest BCUT2D eigenvalue weighted by Gasteiger charge is 2.56. The van der Waals surface area contributed by atoms with Crippen LogP contribution in [0.25, 0.3) is 10.9 Å². The second-order valence-electron chi connectivity index (χ2n) is 11.7. The monoisotopic (exact) mass is 645 g/mol. The molecule has 11 nitrogen and oxygen atoms in total. The molecule has 0 unspecified atom stereocenters. The maximum atomic E-state index is 15.3. The van der Waals surface area contributed by atoms with Crippen molar-refractivity contribution in [3.63, 3.8) is 0 Å². The van der Waals surface area contributed by atoms with Crippen molar-refractivity contribution in [2.24, 2.45) is 5.41 Å². The molecular formula is C34H33F2N5O6. The van der Waals surface area contributed by atoms with Gasteiger partial charge in [0.05, 0.1) is 12.6 Å². The van der Waals surface area contributed by atoms with Crippen LogP contribution >= 0.6 is 0 Å². The number of anilines is 2. The van der Waals surface area contributed by atoms with Crippen molar-refractivity contribution in [1.29, 1.82) is 0 Å². The van der Waals surface area contributed by atoms with E-state index >= 15 is 4.39 Å². The first-order chi connectivity index (χ1) is 22.6. The van der Waals surface area contributed by atoms with Crippen LogP contribution in [0.2, 0.25) is 0 Å². The van der Waals surface area contributed by atoms with Gasteiger partial charge in [-0.2, -0.15) is 0 Å². The van der Waals surface area contributed by atoms with Gasteiger partial charge in [-0.15, -0.1) is 0 Å². The number of fused-ring (bicyclic) bond motifs is 1. The highest BCUT2D eigenvalue weighted by atomic mass is 19.1. The Balaban J connectivity index is 1.15. The van der Waals surface area contributed by atoms with E-state index in [1.165, 1.54) is 49.7 Å². The van der Waals surface area contributed by atoms with Gasteiger partial charge in [-0.1, -0.05) is 0 Å². The van der Waals surface area contributed by atoms with Gasteiger partial charge in [0, 0.05) is 60.8 Å². The van der Waals surface area contributed by atoms with E-state index < -0.39 is 35.0 Å². The lowest BCUT2D eigenvalue weighted by Gasteiger charge is -2.37. The van der Waals surface area contributed by atoms with Gasteiger partial charge in [0.15, 0.2) is 23.1 Å². The zero-order valence-corrected chi connectivity index (χ0v) is 26.0. The summed E-state index contributed by atoms with van der Waals surface area (Å²) in [5.74, 6) is -1.70. The van der Waals surface area contributed by atoms with E-state index in [2.05, 4.69) is 20.5 Å². The normalized spacial score (nSPS) is 17.1. The third-order valence-electron chi connectivity index (χ3n) is 8.38. The summed E-state index contributed by atoms with van der Waals surface area (Å²) in [6, 6.07) is 13.8. The van der Waals surface area contributed by atoms with Gasteiger partial charge >= 0.3 is 6.09 Å². The van der Waals surface area contributed by atoms with Gasteiger partial charge in [-0.05, 0) is 75.3 Å². The third kappa shape index (κ3) is 6.66. The lowest BCUT2D eigenvalue weighted by molar-refractivity contribution is -0.131. The number of nitrogens with zero attached hydrogens (tertiary/aromatic N) is 3. The Morgan fingerprint density at radius 2 is 1.57 bits per heavy atom. The molecule has 2 fully saturated rings. The second-order valence-corrected chi connectivity index (χ2v) is 11.7. The Morgan fingerprint density at radius 3 is 2.23 bits per heavy atom. The van der Waals surface area contributed by atoms with Gasteiger partial charge in [0.1, 0.15) is 17.0 Å². The van der Waals surface area contributed by atoms with Crippen LogP contribution in [0.3, 0.4) is 0 Å². The van der Waals surface area contributed by atoms with Gasteiger partial charge in [-0.25, -0.2) is 13.6 Å². The summed E-state index contributed by atoms with van der Waals surface area (Å²) in [6.07, 6.45) is 1.64. The second kappa shape index (κ2) is 12.8. The maximum absolute atomic E-state index is 15.3. The summed E-state index contributed by atoms with van der Waals surface area (Å²) in [4.78, 5) is 47.1. The molecule has 2 N–H and O–H groups in total. The summed E-state index contributed by atoms with van der Waals surface area (Å²) >= 11 is 0. The van der Waals surface area contributed by atoms with Crippen molar-refractivity contribution in [1.82, 2.24) is 14.8 Å². The minimum atomic E-state index is -1.30. The molecule has 4 aromatic rings. The molecule has 3 aromatic carbocycles. The van der Waals surface area contributed by atoms with Gasteiger partial charge in [0.2, 0.25) is 11.8 Å². The first-order valence-electron chi connectivity index (χ1n) is 15.1. The zero-order valence-electron chi connectivity index (χ0n) is 26.0. The molecule has 1 aliphatic carbocycles. The molecule has 6 rings (SSSR count). The van der Waals surface area contributed by atoms with E-state index in [-0.39, 0.29) is 34.7 Å². The average Bonchev–Trinajstić information content (AvgIpc) is 3.86. The van der Waals surface area contributed by atoms with Crippen molar-refractivity contribution in [3.05, 3.63) is 78.5 Å². The zero-order chi connectivity index (χ0) is 33.3. The molecule has 1 saturated carbocycles. The fraction of sp³-hybridized carbons (Fsp3) is 0.294. The Bertz CT molecular complexity index is 1850. The van der Waals surface area contributed by atoms with Crippen molar-refractivity contribution in [2.45, 2.75) is 25.8 Å². The lowest BCUT2D eigenvalue weighted by atomic mass is 10.0. The highest BCUT2D eigenvalue weighted by Crippen LogP contribution is 2.47. The molecular weight excluding hydrogens is 612 g/mol. The van der Waals surface area contributed by atoms with Crippen LogP contribution in [-0.4, -0.2) is 72.5 Å². The maximum Gasteiger partial charge on any atom is 0.415 e. The summed E-state index contributed by atoms with van der Waals surface area (Å²) in [6.45, 7) is 3.95. The summed E-state index contributed by atoms with van der Waals surface area (Å²) in [7, 11) is 3.44. The minimum absolute atomic E-state index is 0.0254. The van der Waals surface area contributed by atoms with E-state index in [0.717, 1.165) is 19.2 Å². The number of aromatic nitrogens is 1. The van der Waals surface area contributed by atoms with Crippen LogP contribution < -0.4 is 24.8 Å².